The molecular weight excluding hydrogens is 801 g/mol. The molecule has 0 bridgehead atoms. The predicted octanol–water partition coefficient (Wildman–Crippen LogP) is 6.27. The lowest BCUT2D eigenvalue weighted by Crippen LogP contribution is -2.25. The van der Waals surface area contributed by atoms with Gasteiger partial charge in [0.25, 0.3) is 11.8 Å². The third kappa shape index (κ3) is 10.8. The van der Waals surface area contributed by atoms with Crippen LogP contribution in [0.5, 0.6) is 28.7 Å². The van der Waals surface area contributed by atoms with Gasteiger partial charge in [0.2, 0.25) is 5.91 Å². The van der Waals surface area contributed by atoms with Crippen LogP contribution >= 0.6 is 0 Å². The summed E-state index contributed by atoms with van der Waals surface area (Å²) in [5.74, 6) is -5.81. The van der Waals surface area contributed by atoms with Gasteiger partial charge >= 0.3 is 0 Å². The van der Waals surface area contributed by atoms with Crippen molar-refractivity contribution in [2.45, 2.75) is 33.1 Å². The first-order valence-corrected chi connectivity index (χ1v) is 18.7. The number of aromatic nitrogens is 2. The number of rotatable bonds is 17. The van der Waals surface area contributed by atoms with Crippen LogP contribution in [0.1, 0.15) is 79.5 Å². The fourth-order valence-corrected chi connectivity index (χ4v) is 6.06. The maximum atomic E-state index is 13.2. The van der Waals surface area contributed by atoms with E-state index >= 15 is 0 Å². The van der Waals surface area contributed by atoms with Crippen LogP contribution in [-0.2, 0) is 16.0 Å². The van der Waals surface area contributed by atoms with Crippen LogP contribution in [0.4, 0.5) is 17.1 Å². The number of ketones is 3. The fraction of sp³-hybridized carbons (Fsp3) is 0.178. The van der Waals surface area contributed by atoms with Crippen molar-refractivity contribution < 1.29 is 53.6 Å². The van der Waals surface area contributed by atoms with E-state index in [1.54, 1.807) is 31.2 Å². The summed E-state index contributed by atoms with van der Waals surface area (Å²) in [4.78, 5) is 85.5. The second-order valence-electron chi connectivity index (χ2n) is 13.7. The molecule has 0 aliphatic carbocycles. The molecule has 2 aromatic heterocycles. The standard InChI is InChI=1S/C45H40N6O11/c1-24(19-26-5-9-30(53)10-6-26)37(54)20-27-7-13-33(47-22-27)38(55)21-28(17-18-46)43(58)49-29-8-14-36(48-23-29)45(60)51-35-16-12-32(40(57)42(35)62-4)44(59)50-34-15-11-31(25(2)52)39(56)41(34)61-3/h5-16,19,22-23,28,53,56-57H,17,20-21H2,1-4H3,(H,49,58)(H,50,59)(H,51,60)/b24-19+/t28-/m1/s1. The van der Waals surface area contributed by atoms with Crippen molar-refractivity contribution in [2.24, 2.45) is 5.92 Å². The molecule has 17 heteroatoms. The monoisotopic (exact) mass is 840 g/mol. The highest BCUT2D eigenvalue weighted by atomic mass is 16.5. The first-order chi connectivity index (χ1) is 29.6. The summed E-state index contributed by atoms with van der Waals surface area (Å²) < 4.78 is 10.5. The summed E-state index contributed by atoms with van der Waals surface area (Å²) in [6.45, 7) is 2.93. The van der Waals surface area contributed by atoms with Gasteiger partial charge in [0.1, 0.15) is 17.1 Å². The normalized spacial score (nSPS) is 11.4. The van der Waals surface area contributed by atoms with Gasteiger partial charge in [0, 0.05) is 25.5 Å². The number of ether oxygens (including phenoxy) is 2. The minimum absolute atomic E-state index is 0.00849. The highest BCUT2D eigenvalue weighted by Crippen LogP contribution is 2.40. The van der Waals surface area contributed by atoms with E-state index < -0.39 is 46.7 Å². The number of benzene rings is 3. The molecule has 5 aromatic rings. The number of nitrogens with one attached hydrogen (secondary N) is 3. The zero-order valence-corrected chi connectivity index (χ0v) is 33.8. The van der Waals surface area contributed by atoms with Crippen LogP contribution in [-0.4, -0.2) is 74.6 Å². The van der Waals surface area contributed by atoms with E-state index in [1.807, 2.05) is 6.07 Å². The van der Waals surface area contributed by atoms with Crippen LogP contribution in [0.3, 0.4) is 0 Å². The van der Waals surface area contributed by atoms with Crippen LogP contribution in [0.2, 0.25) is 0 Å². The van der Waals surface area contributed by atoms with Gasteiger partial charge in [0.15, 0.2) is 40.3 Å². The van der Waals surface area contributed by atoms with Crippen LogP contribution in [0.25, 0.3) is 6.08 Å². The van der Waals surface area contributed by atoms with Crippen LogP contribution in [0, 0.1) is 17.2 Å². The summed E-state index contributed by atoms with van der Waals surface area (Å²) in [6, 6.07) is 19.2. The number of methoxy groups -OCH3 is 2. The molecule has 2 heterocycles. The van der Waals surface area contributed by atoms with E-state index in [0.29, 0.717) is 11.1 Å². The summed E-state index contributed by atoms with van der Waals surface area (Å²) in [5, 5.41) is 47.9. The number of anilines is 3. The third-order valence-electron chi connectivity index (χ3n) is 9.39. The molecule has 3 amide bonds. The van der Waals surface area contributed by atoms with Gasteiger partial charge in [-0.25, -0.2) is 4.98 Å². The quantitative estimate of drug-likeness (QED) is 0.0445. The Morgan fingerprint density at radius 2 is 1.32 bits per heavy atom. The van der Waals surface area contributed by atoms with E-state index in [0.717, 1.165) is 5.56 Å². The number of nitrogens with zero attached hydrogens (tertiary/aromatic N) is 3. The molecule has 5 rings (SSSR count). The molecule has 62 heavy (non-hydrogen) atoms. The molecule has 316 valence electrons. The van der Waals surface area contributed by atoms with Gasteiger partial charge < -0.3 is 40.7 Å². The Morgan fingerprint density at radius 1 is 0.726 bits per heavy atom. The molecule has 0 aliphatic heterocycles. The predicted molar refractivity (Wildman–Crippen MR) is 225 cm³/mol. The van der Waals surface area contributed by atoms with Gasteiger partial charge in [-0.15, -0.1) is 0 Å². The van der Waals surface area contributed by atoms with Crippen molar-refractivity contribution in [3.8, 4) is 34.8 Å². The third-order valence-corrected chi connectivity index (χ3v) is 9.39. The van der Waals surface area contributed by atoms with Crippen LogP contribution < -0.4 is 25.4 Å². The number of aromatic hydroxyl groups is 3. The van der Waals surface area contributed by atoms with Gasteiger partial charge in [-0.2, -0.15) is 5.26 Å². The topological polar surface area (TPSA) is 267 Å². The van der Waals surface area contributed by atoms with E-state index in [4.69, 9.17) is 9.47 Å². The number of Topliss-reactive ketones (excluding diaryl/α,β-unsaturated/α-hetero) is 3. The second kappa shape index (κ2) is 20.0. The summed E-state index contributed by atoms with van der Waals surface area (Å²) in [5.41, 5.74) is 1.59. The highest BCUT2D eigenvalue weighted by Gasteiger charge is 2.25. The molecule has 3 aromatic carbocycles. The fourth-order valence-electron chi connectivity index (χ4n) is 6.06. The number of carbonyl (C=O) groups is 6. The minimum atomic E-state index is -1.06. The van der Waals surface area contributed by atoms with Crippen LogP contribution in [0.15, 0.2) is 90.8 Å². The van der Waals surface area contributed by atoms with Gasteiger partial charge in [-0.3, -0.25) is 33.8 Å². The molecule has 0 saturated heterocycles. The average molecular weight is 841 g/mol. The number of amides is 3. The number of hydrogen-bond donors (Lipinski definition) is 6. The molecule has 6 N–H and O–H groups in total. The first kappa shape index (κ1) is 44.7. The highest BCUT2D eigenvalue weighted by molar-refractivity contribution is 6.10. The average Bonchev–Trinajstić information content (AvgIpc) is 3.24. The Balaban J connectivity index is 1.18. The van der Waals surface area contributed by atoms with E-state index in [2.05, 4.69) is 25.9 Å². The lowest BCUT2D eigenvalue weighted by molar-refractivity contribution is -0.119. The number of hydrogen-bond acceptors (Lipinski definition) is 14. The number of nitriles is 1. The number of phenolic OH excluding ortho intramolecular Hbond substituents is 3. The van der Waals surface area contributed by atoms with E-state index in [1.165, 1.54) is 88.1 Å². The summed E-state index contributed by atoms with van der Waals surface area (Å²) in [6.07, 6.45) is 3.70. The maximum absolute atomic E-state index is 13.2. The smallest absolute Gasteiger partial charge is 0.274 e. The van der Waals surface area contributed by atoms with Crippen molar-refractivity contribution >= 4 is 58.2 Å². The second-order valence-corrected chi connectivity index (χ2v) is 13.7. The Bertz CT molecular complexity index is 2620. The van der Waals surface area contributed by atoms with Crippen molar-refractivity contribution in [3.63, 3.8) is 0 Å². The molecule has 0 spiro atoms. The Labute approximate surface area is 354 Å². The van der Waals surface area contributed by atoms with Gasteiger partial charge in [-0.1, -0.05) is 18.2 Å². The maximum Gasteiger partial charge on any atom is 0.274 e. The number of carbonyl (C=O) groups excluding carboxylic acids is 6. The van der Waals surface area contributed by atoms with Crippen molar-refractivity contribution in [1.29, 1.82) is 5.26 Å². The minimum Gasteiger partial charge on any atom is -0.508 e. The molecule has 0 aliphatic rings. The summed E-state index contributed by atoms with van der Waals surface area (Å²) >= 11 is 0. The zero-order valence-electron chi connectivity index (χ0n) is 33.8. The SMILES string of the molecule is COc1c(NC(=O)c2ccc(NC(=O)c3ccc(NC(=O)[C@H](CC#N)CC(=O)c4ccc(CC(=O)/C(C)=C/c5ccc(O)cc5)cn4)cn3)c(OC)c2O)ccc(C(C)=O)c1O. The molecule has 0 unspecified atom stereocenters. The molecule has 1 atom stereocenters. The van der Waals surface area contributed by atoms with Crippen molar-refractivity contribution in [2.75, 3.05) is 30.2 Å². The molecule has 0 fully saturated rings. The molecule has 17 nitrogen and oxygen atoms in total. The Hall–Kier alpha value is -8.39. The molecule has 0 saturated carbocycles. The first-order valence-electron chi connectivity index (χ1n) is 18.7. The molecule has 0 radical (unpaired) electrons. The Morgan fingerprint density at radius 3 is 1.89 bits per heavy atom. The van der Waals surface area contributed by atoms with E-state index in [9.17, 15) is 49.3 Å². The van der Waals surface area contributed by atoms with Crippen molar-refractivity contribution in [1.82, 2.24) is 9.97 Å². The lowest BCUT2D eigenvalue weighted by Gasteiger charge is -2.16. The van der Waals surface area contributed by atoms with E-state index in [-0.39, 0.29) is 81.9 Å². The van der Waals surface area contributed by atoms with Gasteiger partial charge in [-0.05, 0) is 91.2 Å². The number of allylic oxidation sites excluding steroid dienone is 1. The number of pyridine rings is 2. The summed E-state index contributed by atoms with van der Waals surface area (Å²) in [7, 11) is 2.44. The van der Waals surface area contributed by atoms with Crippen molar-refractivity contribution in [3.05, 3.63) is 124 Å². The van der Waals surface area contributed by atoms with Gasteiger partial charge in [0.05, 0.1) is 60.6 Å². The molecular formula is C45H40N6O11. The largest absolute Gasteiger partial charge is 0.508 e. The number of phenols is 3. The Kier molecular flexibility index (Phi) is 14.5. The lowest BCUT2D eigenvalue weighted by atomic mass is 9.96. The zero-order chi connectivity index (χ0) is 45.1.